The predicted octanol–water partition coefficient (Wildman–Crippen LogP) is 5.35. The Balaban J connectivity index is 1.31. The van der Waals surface area contributed by atoms with E-state index in [1.54, 1.807) is 9.80 Å². The van der Waals surface area contributed by atoms with Gasteiger partial charge in [0.15, 0.2) is 0 Å². The van der Waals surface area contributed by atoms with E-state index in [0.717, 1.165) is 29.2 Å². The van der Waals surface area contributed by atoms with Crippen LogP contribution >= 0.6 is 15.9 Å². The number of carbonyl (C=O) groups excluding carboxylic acids is 4. The summed E-state index contributed by atoms with van der Waals surface area (Å²) >= 11 is 3.65. The Morgan fingerprint density at radius 1 is 0.882 bits per heavy atom. The molecular weight excluding hydrogens is 714 g/mol. The minimum Gasteiger partial charge on any atom is -0.463 e. The summed E-state index contributed by atoms with van der Waals surface area (Å²) in [6.45, 7) is 0.512. The van der Waals surface area contributed by atoms with Crippen LogP contribution in [-0.4, -0.2) is 77.7 Å². The van der Waals surface area contributed by atoms with Crippen LogP contribution in [0.4, 0.5) is 5.69 Å². The first kappa shape index (κ1) is 35.1. The van der Waals surface area contributed by atoms with Gasteiger partial charge in [-0.15, -0.1) is 0 Å². The van der Waals surface area contributed by atoms with Crippen LogP contribution in [0, 0.1) is 11.8 Å². The molecule has 0 radical (unpaired) electrons. The number of nitrogens with one attached hydrogen (secondary N) is 1. The molecule has 7 rings (SSSR count). The van der Waals surface area contributed by atoms with Crippen LogP contribution in [0.25, 0.3) is 10.8 Å². The molecular formula is C40H42BrN3O7. The van der Waals surface area contributed by atoms with Gasteiger partial charge < -0.3 is 29.7 Å². The van der Waals surface area contributed by atoms with E-state index >= 15 is 4.79 Å². The number of hydrogen-bond acceptors (Lipinski definition) is 7. The van der Waals surface area contributed by atoms with Crippen molar-refractivity contribution in [1.82, 2.24) is 10.2 Å². The number of cyclic esters (lactones) is 1. The van der Waals surface area contributed by atoms with Crippen LogP contribution in [0.5, 0.6) is 0 Å². The molecule has 0 aromatic heterocycles. The molecule has 2 fully saturated rings. The zero-order valence-electron chi connectivity index (χ0n) is 28.3. The molecule has 4 heterocycles. The highest BCUT2D eigenvalue weighted by atomic mass is 79.9. The van der Waals surface area contributed by atoms with Crippen LogP contribution in [0.2, 0.25) is 0 Å². The van der Waals surface area contributed by atoms with E-state index in [1.165, 1.54) is 0 Å². The maximum atomic E-state index is 15.2. The molecule has 4 aliphatic heterocycles. The SMILES string of the molecule is O=C1CC/C=C\CN(c2ccc3ccccc3c2)C(=O)[C@@H]2N(CCCCCCO)C(=O)[C@H]3[C@H](C(=O)N[C@H](c4ccccc4)CO1)[C@H]1O[C@@]23C=C1Br. The highest BCUT2D eigenvalue weighted by Gasteiger charge is 2.74. The van der Waals surface area contributed by atoms with E-state index in [9.17, 15) is 19.5 Å². The second-order valence-corrected chi connectivity index (χ2v) is 14.6. The van der Waals surface area contributed by atoms with Gasteiger partial charge in [-0.1, -0.05) is 102 Å². The Labute approximate surface area is 305 Å². The number of fused-ring (bicyclic) bond motifs is 3. The number of benzene rings is 3. The molecule has 1 spiro atoms. The molecule has 2 saturated heterocycles. The van der Waals surface area contributed by atoms with Crippen LogP contribution in [0.15, 0.2) is 95.5 Å². The molecule has 0 aliphatic carbocycles. The zero-order chi connectivity index (χ0) is 35.5. The summed E-state index contributed by atoms with van der Waals surface area (Å²) in [6, 6.07) is 21.3. The van der Waals surface area contributed by atoms with Crippen molar-refractivity contribution in [3.63, 3.8) is 0 Å². The lowest BCUT2D eigenvalue weighted by Crippen LogP contribution is -2.56. The van der Waals surface area contributed by atoms with Crippen molar-refractivity contribution >= 4 is 56.1 Å². The predicted molar refractivity (Wildman–Crippen MR) is 196 cm³/mol. The molecule has 266 valence electrons. The third kappa shape index (κ3) is 6.74. The molecule has 51 heavy (non-hydrogen) atoms. The molecule has 5 bridgehead atoms. The number of esters is 1. The molecule has 10 nitrogen and oxygen atoms in total. The monoisotopic (exact) mass is 755 g/mol. The minimum atomic E-state index is -1.38. The molecule has 6 atom stereocenters. The van der Waals surface area contributed by atoms with E-state index in [1.807, 2.05) is 91.0 Å². The number of rotatable bonds is 8. The van der Waals surface area contributed by atoms with Crippen LogP contribution in [0.3, 0.4) is 0 Å². The highest BCUT2D eigenvalue weighted by molar-refractivity contribution is 9.11. The van der Waals surface area contributed by atoms with Crippen molar-refractivity contribution in [3.8, 4) is 0 Å². The van der Waals surface area contributed by atoms with Crippen molar-refractivity contribution in [3.05, 3.63) is 101 Å². The molecule has 4 aliphatic rings. The van der Waals surface area contributed by atoms with Crippen molar-refractivity contribution in [2.75, 3.05) is 31.2 Å². The number of allylic oxidation sites excluding steroid dienone is 1. The van der Waals surface area contributed by atoms with Gasteiger partial charge >= 0.3 is 5.97 Å². The standard InChI is InChI=1S/C40H42BrN3O7/c41-30-24-40-34-33(35(30)51-40)37(47)42-31(27-14-5-3-6-15-27)25-50-32(46)17-7-4-11-20-43(29-19-18-26-13-8-9-16-28(26)23-29)39(49)36(40)44(38(34)48)21-10-1-2-12-22-45/h3-6,8-9,11,13-16,18-19,23-24,31,33-36,45H,1-2,7,10,12,17,20-22,25H2,(H,42,47)/b11-4-/t31-,33-,34+,35-,36-,40+/m0/s1. The number of amides is 3. The lowest BCUT2D eigenvalue weighted by Gasteiger charge is -2.36. The smallest absolute Gasteiger partial charge is 0.306 e. The highest BCUT2D eigenvalue weighted by Crippen LogP contribution is 2.59. The average molecular weight is 757 g/mol. The van der Waals surface area contributed by atoms with E-state index in [-0.39, 0.29) is 38.0 Å². The summed E-state index contributed by atoms with van der Waals surface area (Å²) in [4.78, 5) is 60.4. The molecule has 11 heteroatoms. The minimum absolute atomic E-state index is 0.0753. The largest absolute Gasteiger partial charge is 0.463 e. The Bertz CT molecular complexity index is 1860. The molecule has 3 amide bonds. The number of carbonyl (C=O) groups is 4. The van der Waals surface area contributed by atoms with Gasteiger partial charge in [0, 0.05) is 36.3 Å². The Morgan fingerprint density at radius 2 is 1.65 bits per heavy atom. The number of unbranched alkanes of at least 4 members (excludes halogenated alkanes) is 3. The number of aliphatic hydroxyl groups is 1. The van der Waals surface area contributed by atoms with Crippen LogP contribution in [-0.2, 0) is 28.7 Å². The molecule has 0 unspecified atom stereocenters. The summed E-state index contributed by atoms with van der Waals surface area (Å²) in [5.74, 6) is -3.31. The maximum Gasteiger partial charge on any atom is 0.306 e. The van der Waals surface area contributed by atoms with Gasteiger partial charge in [-0.05, 0) is 53.8 Å². The van der Waals surface area contributed by atoms with Gasteiger partial charge in [0.25, 0.3) is 5.91 Å². The van der Waals surface area contributed by atoms with Gasteiger partial charge in [-0.25, -0.2) is 0 Å². The number of hydrogen-bond donors (Lipinski definition) is 2. The number of halogens is 1. The fourth-order valence-electron chi connectivity index (χ4n) is 8.02. The van der Waals surface area contributed by atoms with E-state index < -0.39 is 47.5 Å². The number of likely N-dealkylation sites (tertiary alicyclic amines) is 1. The van der Waals surface area contributed by atoms with Crippen LogP contribution < -0.4 is 10.2 Å². The number of anilines is 1. The van der Waals surface area contributed by atoms with Crippen molar-refractivity contribution in [2.45, 2.75) is 62.3 Å². The quantitative estimate of drug-likeness (QED) is 0.181. The average Bonchev–Trinajstić information content (AvgIpc) is 3.74. The third-order valence-electron chi connectivity index (χ3n) is 10.5. The Morgan fingerprint density at radius 3 is 2.45 bits per heavy atom. The van der Waals surface area contributed by atoms with Gasteiger partial charge in [0.2, 0.25) is 11.8 Å². The normalized spacial score (nSPS) is 28.8. The van der Waals surface area contributed by atoms with Crippen molar-refractivity contribution in [2.24, 2.45) is 11.8 Å². The topological polar surface area (TPSA) is 125 Å². The number of ether oxygens (including phenoxy) is 2. The second kappa shape index (κ2) is 15.1. The zero-order valence-corrected chi connectivity index (χ0v) is 29.9. The summed E-state index contributed by atoms with van der Waals surface area (Å²) < 4.78 is 13.0. The van der Waals surface area contributed by atoms with Gasteiger partial charge in [0.05, 0.1) is 17.9 Å². The van der Waals surface area contributed by atoms with E-state index in [4.69, 9.17) is 9.47 Å². The summed E-state index contributed by atoms with van der Waals surface area (Å²) in [5.41, 5.74) is 0.0318. The van der Waals surface area contributed by atoms with Gasteiger partial charge in [-0.3, -0.25) is 19.2 Å². The molecule has 2 N–H and O–H groups in total. The second-order valence-electron chi connectivity index (χ2n) is 13.6. The number of nitrogens with zero attached hydrogens (tertiary/aromatic N) is 2. The maximum absolute atomic E-state index is 15.2. The Hall–Kier alpha value is -4.32. The number of aliphatic hydroxyl groups excluding tert-OH is 1. The lowest BCUT2D eigenvalue weighted by atomic mass is 9.74. The lowest BCUT2D eigenvalue weighted by molar-refractivity contribution is -0.145. The van der Waals surface area contributed by atoms with Gasteiger partial charge in [0.1, 0.15) is 24.4 Å². The van der Waals surface area contributed by atoms with E-state index in [0.29, 0.717) is 36.0 Å². The Kier molecular flexibility index (Phi) is 10.4. The first-order chi connectivity index (χ1) is 24.8. The molecule has 0 saturated carbocycles. The van der Waals surface area contributed by atoms with Crippen molar-refractivity contribution < 1.29 is 33.8 Å². The summed E-state index contributed by atoms with van der Waals surface area (Å²) in [6.07, 6.45) is 8.17. The fraction of sp³-hybridized carbons (Fsp3) is 0.400. The summed E-state index contributed by atoms with van der Waals surface area (Å²) in [5, 5.41) is 14.4. The third-order valence-corrected chi connectivity index (χ3v) is 11.2. The first-order valence-corrected chi connectivity index (χ1v) is 18.5. The van der Waals surface area contributed by atoms with Crippen molar-refractivity contribution in [1.29, 1.82) is 0 Å². The van der Waals surface area contributed by atoms with Gasteiger partial charge in [-0.2, -0.15) is 0 Å². The summed E-state index contributed by atoms with van der Waals surface area (Å²) in [7, 11) is 0. The van der Waals surface area contributed by atoms with Crippen LogP contribution in [0.1, 0.15) is 50.1 Å². The first-order valence-electron chi connectivity index (χ1n) is 17.8. The van der Waals surface area contributed by atoms with E-state index in [2.05, 4.69) is 21.2 Å². The molecule has 3 aromatic rings. The fourth-order valence-corrected chi connectivity index (χ4v) is 8.76. The molecule has 3 aromatic carbocycles.